The lowest BCUT2D eigenvalue weighted by atomic mass is 10.1. The molecule has 104 valence electrons. The summed E-state index contributed by atoms with van der Waals surface area (Å²) in [6.45, 7) is 3.28. The van der Waals surface area contributed by atoms with Gasteiger partial charge in [-0.3, -0.25) is 4.79 Å². The van der Waals surface area contributed by atoms with Crippen molar-refractivity contribution in [2.75, 3.05) is 25.2 Å². The van der Waals surface area contributed by atoms with Gasteiger partial charge in [-0.05, 0) is 31.9 Å². The van der Waals surface area contributed by atoms with Crippen LogP contribution in [0.4, 0.5) is 5.69 Å². The summed E-state index contributed by atoms with van der Waals surface area (Å²) in [5, 5.41) is 0. The van der Waals surface area contributed by atoms with Crippen LogP contribution in [0.3, 0.4) is 0 Å². The van der Waals surface area contributed by atoms with Crippen LogP contribution in [0.15, 0.2) is 24.3 Å². The van der Waals surface area contributed by atoms with Gasteiger partial charge in [-0.25, -0.2) is 0 Å². The summed E-state index contributed by atoms with van der Waals surface area (Å²) in [6, 6.07) is 7.80. The van der Waals surface area contributed by atoms with E-state index in [4.69, 9.17) is 9.47 Å². The predicted molar refractivity (Wildman–Crippen MR) is 74.6 cm³/mol. The Morgan fingerprint density at radius 1 is 1.42 bits per heavy atom. The normalized spacial score (nSPS) is 17.8. The Balaban J connectivity index is 2.04. The molecule has 1 aromatic carbocycles. The Morgan fingerprint density at radius 2 is 2.21 bits per heavy atom. The molecule has 0 radical (unpaired) electrons. The lowest BCUT2D eigenvalue weighted by Crippen LogP contribution is -2.45. The smallest absolute Gasteiger partial charge is 0.227 e. The van der Waals surface area contributed by atoms with Gasteiger partial charge >= 0.3 is 0 Å². The number of hydrogen-bond acceptors (Lipinski definition) is 3. The third-order valence-corrected chi connectivity index (χ3v) is 3.30. The molecule has 1 aliphatic heterocycles. The number of ether oxygens (including phenoxy) is 2. The number of rotatable bonds is 5. The molecule has 1 amide bonds. The van der Waals surface area contributed by atoms with E-state index in [1.54, 1.807) is 7.11 Å². The Morgan fingerprint density at radius 3 is 3.00 bits per heavy atom. The van der Waals surface area contributed by atoms with E-state index in [0.717, 1.165) is 24.3 Å². The van der Waals surface area contributed by atoms with Gasteiger partial charge in [0.25, 0.3) is 0 Å². The number of carbonyl (C=O) groups is 1. The van der Waals surface area contributed by atoms with E-state index in [2.05, 4.69) is 0 Å². The van der Waals surface area contributed by atoms with Gasteiger partial charge in [-0.1, -0.05) is 12.1 Å². The fraction of sp³-hybridized carbons (Fsp3) is 0.533. The van der Waals surface area contributed by atoms with Crippen molar-refractivity contribution in [2.45, 2.75) is 32.2 Å². The second-order valence-corrected chi connectivity index (χ2v) is 4.84. The highest BCUT2D eigenvalue weighted by Crippen LogP contribution is 2.33. The van der Waals surface area contributed by atoms with Crippen LogP contribution in [-0.2, 0) is 9.53 Å². The first-order chi connectivity index (χ1) is 9.24. The minimum atomic E-state index is 0.0878. The molecule has 1 heterocycles. The molecule has 1 aromatic rings. The van der Waals surface area contributed by atoms with Crippen molar-refractivity contribution in [3.63, 3.8) is 0 Å². The van der Waals surface area contributed by atoms with Crippen LogP contribution in [0.25, 0.3) is 0 Å². The van der Waals surface area contributed by atoms with Crippen LogP contribution >= 0.6 is 0 Å². The maximum atomic E-state index is 12.4. The number of nitrogens with zero attached hydrogens (tertiary/aromatic N) is 1. The predicted octanol–water partition coefficient (Wildman–Crippen LogP) is 2.62. The Kier molecular flexibility index (Phi) is 4.80. The summed E-state index contributed by atoms with van der Waals surface area (Å²) in [4.78, 5) is 14.2. The third kappa shape index (κ3) is 3.26. The summed E-state index contributed by atoms with van der Waals surface area (Å²) >= 11 is 0. The number of amides is 1. The number of fused-ring (bicyclic) bond motifs is 1. The van der Waals surface area contributed by atoms with Gasteiger partial charge in [-0.2, -0.15) is 0 Å². The zero-order valence-electron chi connectivity index (χ0n) is 11.6. The molecule has 0 saturated carbocycles. The summed E-state index contributed by atoms with van der Waals surface area (Å²) < 4.78 is 10.6. The molecule has 0 N–H and O–H groups in total. The molecule has 0 bridgehead atoms. The van der Waals surface area contributed by atoms with Crippen molar-refractivity contribution >= 4 is 11.6 Å². The Hall–Kier alpha value is -1.55. The van der Waals surface area contributed by atoms with Crippen molar-refractivity contribution in [3.05, 3.63) is 24.3 Å². The molecule has 0 fully saturated rings. The first-order valence-corrected chi connectivity index (χ1v) is 6.77. The minimum absolute atomic E-state index is 0.0878. The maximum Gasteiger partial charge on any atom is 0.227 e. The summed E-state index contributed by atoms with van der Waals surface area (Å²) in [6.07, 6.45) is 2.34. The van der Waals surface area contributed by atoms with Crippen LogP contribution < -0.4 is 9.64 Å². The number of para-hydroxylation sites is 2. The van der Waals surface area contributed by atoms with Gasteiger partial charge in [0, 0.05) is 20.1 Å². The number of methoxy groups -OCH3 is 1. The first-order valence-electron chi connectivity index (χ1n) is 6.77. The number of unbranched alkanes of at least 4 members (excludes halogenated alkanes) is 1. The molecule has 1 aliphatic rings. The van der Waals surface area contributed by atoms with Gasteiger partial charge in [0.1, 0.15) is 12.4 Å². The van der Waals surface area contributed by atoms with E-state index < -0.39 is 0 Å². The molecule has 2 rings (SSSR count). The fourth-order valence-electron chi connectivity index (χ4n) is 2.32. The average Bonchev–Trinajstić information content (AvgIpc) is 2.43. The van der Waals surface area contributed by atoms with Crippen molar-refractivity contribution in [1.29, 1.82) is 0 Å². The molecule has 19 heavy (non-hydrogen) atoms. The molecule has 0 unspecified atom stereocenters. The van der Waals surface area contributed by atoms with Crippen molar-refractivity contribution in [2.24, 2.45) is 0 Å². The van der Waals surface area contributed by atoms with Crippen LogP contribution in [0.1, 0.15) is 26.2 Å². The highest BCUT2D eigenvalue weighted by atomic mass is 16.5. The third-order valence-electron chi connectivity index (χ3n) is 3.30. The molecular formula is C15H21NO3. The standard InChI is InChI=1S/C15H21NO3/c1-12-11-19-14-8-4-3-7-13(14)16(12)15(17)9-5-6-10-18-2/h3-4,7-8,12H,5-6,9-11H2,1-2H3/t12-/m1/s1. The average molecular weight is 263 g/mol. The lowest BCUT2D eigenvalue weighted by Gasteiger charge is -2.35. The molecule has 0 saturated heterocycles. The van der Waals surface area contributed by atoms with Crippen molar-refractivity contribution in [1.82, 2.24) is 0 Å². The second-order valence-electron chi connectivity index (χ2n) is 4.84. The molecule has 0 spiro atoms. The van der Waals surface area contributed by atoms with E-state index >= 15 is 0 Å². The monoisotopic (exact) mass is 263 g/mol. The molecular weight excluding hydrogens is 242 g/mol. The zero-order chi connectivity index (χ0) is 13.7. The number of benzene rings is 1. The summed E-state index contributed by atoms with van der Waals surface area (Å²) in [5.41, 5.74) is 0.887. The minimum Gasteiger partial charge on any atom is -0.489 e. The van der Waals surface area contributed by atoms with E-state index in [1.807, 2.05) is 36.1 Å². The molecule has 0 aliphatic carbocycles. The van der Waals surface area contributed by atoms with Crippen LogP contribution in [-0.4, -0.2) is 32.3 Å². The van der Waals surface area contributed by atoms with E-state index in [-0.39, 0.29) is 11.9 Å². The van der Waals surface area contributed by atoms with Crippen molar-refractivity contribution in [3.8, 4) is 5.75 Å². The highest BCUT2D eigenvalue weighted by Gasteiger charge is 2.28. The van der Waals surface area contributed by atoms with Gasteiger partial charge in [0.05, 0.1) is 11.7 Å². The topological polar surface area (TPSA) is 38.8 Å². The van der Waals surface area contributed by atoms with E-state index in [9.17, 15) is 4.79 Å². The Bertz CT molecular complexity index is 433. The molecule has 4 heteroatoms. The summed E-state index contributed by atoms with van der Waals surface area (Å²) in [7, 11) is 1.68. The highest BCUT2D eigenvalue weighted by molar-refractivity contribution is 5.95. The molecule has 0 aromatic heterocycles. The fourth-order valence-corrected chi connectivity index (χ4v) is 2.32. The zero-order valence-corrected chi connectivity index (χ0v) is 11.6. The maximum absolute atomic E-state index is 12.4. The van der Waals surface area contributed by atoms with Crippen LogP contribution in [0, 0.1) is 0 Å². The summed E-state index contributed by atoms with van der Waals surface area (Å²) in [5.74, 6) is 0.963. The van der Waals surface area contributed by atoms with E-state index in [1.165, 1.54) is 0 Å². The van der Waals surface area contributed by atoms with Crippen LogP contribution in [0.5, 0.6) is 5.75 Å². The number of carbonyl (C=O) groups excluding carboxylic acids is 1. The molecule has 4 nitrogen and oxygen atoms in total. The van der Waals surface area contributed by atoms with E-state index in [0.29, 0.717) is 19.6 Å². The van der Waals surface area contributed by atoms with Gasteiger partial charge < -0.3 is 14.4 Å². The molecule has 1 atom stereocenters. The van der Waals surface area contributed by atoms with Gasteiger partial charge in [-0.15, -0.1) is 0 Å². The second kappa shape index (κ2) is 6.57. The lowest BCUT2D eigenvalue weighted by molar-refractivity contribution is -0.119. The van der Waals surface area contributed by atoms with Crippen LogP contribution in [0.2, 0.25) is 0 Å². The van der Waals surface area contributed by atoms with Gasteiger partial charge in [0.2, 0.25) is 5.91 Å². The van der Waals surface area contributed by atoms with Crippen molar-refractivity contribution < 1.29 is 14.3 Å². The Labute approximate surface area is 114 Å². The SMILES string of the molecule is COCCCCC(=O)N1c2ccccc2OC[C@H]1C. The number of hydrogen-bond donors (Lipinski definition) is 0. The first kappa shape index (κ1) is 13.9. The largest absolute Gasteiger partial charge is 0.489 e. The van der Waals surface area contributed by atoms with Gasteiger partial charge in [0.15, 0.2) is 0 Å². The quantitative estimate of drug-likeness (QED) is 0.766. The number of anilines is 1.